The molecule has 0 aromatic heterocycles. The van der Waals surface area contributed by atoms with Crippen molar-refractivity contribution in [3.05, 3.63) is 65.2 Å². The first kappa shape index (κ1) is 17.1. The van der Waals surface area contributed by atoms with Crippen LogP contribution < -0.4 is 10.2 Å². The molecular formula is C19H18F2N2O2. The Morgan fingerprint density at radius 2 is 1.80 bits per heavy atom. The van der Waals surface area contributed by atoms with Gasteiger partial charge in [-0.05, 0) is 31.2 Å². The van der Waals surface area contributed by atoms with Gasteiger partial charge in [0.05, 0.1) is 0 Å². The Balaban J connectivity index is 1.62. The van der Waals surface area contributed by atoms with Crippen molar-refractivity contribution in [2.75, 3.05) is 18.0 Å². The molecule has 1 N–H and O–H groups in total. The first-order valence-corrected chi connectivity index (χ1v) is 8.05. The maximum Gasteiger partial charge on any atom is 0.257 e. The zero-order valence-corrected chi connectivity index (χ0v) is 13.8. The van der Waals surface area contributed by atoms with Gasteiger partial charge in [-0.3, -0.25) is 9.59 Å². The number of amides is 2. The fraction of sp³-hybridized carbons (Fsp3) is 0.263. The molecule has 1 fully saturated rings. The van der Waals surface area contributed by atoms with Gasteiger partial charge in [-0.25, -0.2) is 8.78 Å². The minimum atomic E-state index is -0.902. The number of halogens is 2. The summed E-state index contributed by atoms with van der Waals surface area (Å²) in [6.45, 7) is 2.61. The van der Waals surface area contributed by atoms with Gasteiger partial charge in [0.2, 0.25) is 5.91 Å². The minimum Gasteiger partial charge on any atom is -0.351 e. The standard InChI is InChI=1S/C19H18F2N2O2/c1-12-5-7-14(8-6-12)23-11-13(9-17(23)24)10-22-19(25)18-15(20)3-2-4-16(18)21/h2-8,13H,9-11H2,1H3,(H,22,25). The number of nitrogens with one attached hydrogen (secondary N) is 1. The van der Waals surface area contributed by atoms with Gasteiger partial charge in [-0.15, -0.1) is 0 Å². The molecule has 25 heavy (non-hydrogen) atoms. The number of hydrogen-bond donors (Lipinski definition) is 1. The predicted octanol–water partition coefficient (Wildman–Crippen LogP) is 3.06. The van der Waals surface area contributed by atoms with E-state index in [1.807, 2.05) is 31.2 Å². The van der Waals surface area contributed by atoms with E-state index < -0.39 is 23.1 Å². The van der Waals surface area contributed by atoms with Crippen molar-refractivity contribution in [2.45, 2.75) is 13.3 Å². The molecule has 0 spiro atoms. The van der Waals surface area contributed by atoms with Crippen molar-refractivity contribution in [1.82, 2.24) is 5.32 Å². The Morgan fingerprint density at radius 1 is 1.16 bits per heavy atom. The van der Waals surface area contributed by atoms with Crippen molar-refractivity contribution in [3.63, 3.8) is 0 Å². The first-order chi connectivity index (χ1) is 12.0. The maximum atomic E-state index is 13.6. The van der Waals surface area contributed by atoms with E-state index in [2.05, 4.69) is 5.32 Å². The van der Waals surface area contributed by atoms with Crippen LogP contribution in [0.25, 0.3) is 0 Å². The van der Waals surface area contributed by atoms with Gasteiger partial charge >= 0.3 is 0 Å². The van der Waals surface area contributed by atoms with Crippen molar-refractivity contribution in [3.8, 4) is 0 Å². The summed E-state index contributed by atoms with van der Waals surface area (Å²) >= 11 is 0. The molecule has 130 valence electrons. The van der Waals surface area contributed by atoms with Gasteiger partial charge in [-0.1, -0.05) is 23.8 Å². The number of nitrogens with zero attached hydrogens (tertiary/aromatic N) is 1. The molecule has 1 saturated heterocycles. The summed E-state index contributed by atoms with van der Waals surface area (Å²) in [6.07, 6.45) is 0.286. The normalized spacial score (nSPS) is 17.0. The molecule has 0 aliphatic carbocycles. The molecule has 1 heterocycles. The molecule has 3 rings (SSSR count). The molecule has 0 radical (unpaired) electrons. The SMILES string of the molecule is Cc1ccc(N2CC(CNC(=O)c3c(F)cccc3F)CC2=O)cc1. The number of benzene rings is 2. The fourth-order valence-corrected chi connectivity index (χ4v) is 2.93. The van der Waals surface area contributed by atoms with Crippen molar-refractivity contribution in [2.24, 2.45) is 5.92 Å². The van der Waals surface area contributed by atoms with Crippen LogP contribution in [0.5, 0.6) is 0 Å². The Labute approximate surface area is 144 Å². The fourth-order valence-electron chi connectivity index (χ4n) is 2.93. The highest BCUT2D eigenvalue weighted by atomic mass is 19.1. The Kier molecular flexibility index (Phi) is 4.79. The summed E-state index contributed by atoms with van der Waals surface area (Å²) < 4.78 is 27.2. The summed E-state index contributed by atoms with van der Waals surface area (Å²) in [4.78, 5) is 25.9. The second kappa shape index (κ2) is 7.01. The summed E-state index contributed by atoms with van der Waals surface area (Å²) in [6, 6.07) is 10.9. The van der Waals surface area contributed by atoms with Crippen LogP contribution in [0.4, 0.5) is 14.5 Å². The zero-order valence-electron chi connectivity index (χ0n) is 13.8. The van der Waals surface area contributed by atoms with Crippen LogP contribution in [-0.2, 0) is 4.79 Å². The van der Waals surface area contributed by atoms with E-state index in [0.29, 0.717) is 6.54 Å². The highest BCUT2D eigenvalue weighted by molar-refractivity contribution is 5.96. The molecule has 1 aliphatic rings. The molecule has 0 saturated carbocycles. The van der Waals surface area contributed by atoms with Gasteiger partial charge in [0.25, 0.3) is 5.91 Å². The number of anilines is 1. The summed E-state index contributed by atoms with van der Waals surface area (Å²) in [5, 5.41) is 2.53. The van der Waals surface area contributed by atoms with Gasteiger partial charge in [-0.2, -0.15) is 0 Å². The van der Waals surface area contributed by atoms with Crippen LogP contribution in [-0.4, -0.2) is 24.9 Å². The maximum absolute atomic E-state index is 13.6. The van der Waals surface area contributed by atoms with E-state index in [0.717, 1.165) is 23.4 Å². The minimum absolute atomic E-state index is 0.0276. The van der Waals surface area contributed by atoms with Crippen LogP contribution >= 0.6 is 0 Å². The van der Waals surface area contributed by atoms with Crippen molar-refractivity contribution >= 4 is 17.5 Å². The van der Waals surface area contributed by atoms with Gasteiger partial charge in [0.15, 0.2) is 0 Å². The second-order valence-electron chi connectivity index (χ2n) is 6.22. The monoisotopic (exact) mass is 344 g/mol. The van der Waals surface area contributed by atoms with Crippen molar-refractivity contribution in [1.29, 1.82) is 0 Å². The van der Waals surface area contributed by atoms with Gasteiger partial charge in [0, 0.05) is 31.1 Å². The number of carbonyl (C=O) groups is 2. The highest BCUT2D eigenvalue weighted by Crippen LogP contribution is 2.25. The third-order valence-electron chi connectivity index (χ3n) is 4.29. The lowest BCUT2D eigenvalue weighted by atomic mass is 10.1. The van der Waals surface area contributed by atoms with Gasteiger partial charge < -0.3 is 10.2 Å². The third-order valence-corrected chi connectivity index (χ3v) is 4.29. The summed E-state index contributed by atoms with van der Waals surface area (Å²) in [7, 11) is 0. The van der Waals surface area contributed by atoms with Crippen LogP contribution in [0.3, 0.4) is 0 Å². The van der Waals surface area contributed by atoms with E-state index >= 15 is 0 Å². The van der Waals surface area contributed by atoms with Crippen LogP contribution in [0.2, 0.25) is 0 Å². The lowest BCUT2D eigenvalue weighted by Crippen LogP contribution is -2.32. The molecule has 1 unspecified atom stereocenters. The molecule has 0 bridgehead atoms. The molecule has 2 aromatic rings. The molecule has 2 amide bonds. The number of carbonyl (C=O) groups excluding carboxylic acids is 2. The smallest absolute Gasteiger partial charge is 0.257 e. The van der Waals surface area contributed by atoms with E-state index in [4.69, 9.17) is 0 Å². The molecule has 2 aromatic carbocycles. The van der Waals surface area contributed by atoms with E-state index in [1.54, 1.807) is 4.90 Å². The summed E-state index contributed by atoms with van der Waals surface area (Å²) in [5.74, 6) is -2.74. The zero-order chi connectivity index (χ0) is 18.0. The molecule has 1 atom stereocenters. The van der Waals surface area contributed by atoms with Gasteiger partial charge in [0.1, 0.15) is 17.2 Å². The van der Waals surface area contributed by atoms with E-state index in [9.17, 15) is 18.4 Å². The second-order valence-corrected chi connectivity index (χ2v) is 6.22. The first-order valence-electron chi connectivity index (χ1n) is 8.05. The summed E-state index contributed by atoms with van der Waals surface area (Å²) in [5.41, 5.74) is 1.32. The van der Waals surface area contributed by atoms with E-state index in [1.165, 1.54) is 6.07 Å². The Morgan fingerprint density at radius 3 is 2.44 bits per heavy atom. The average molecular weight is 344 g/mol. The van der Waals surface area contributed by atoms with Crippen LogP contribution in [0.15, 0.2) is 42.5 Å². The lowest BCUT2D eigenvalue weighted by molar-refractivity contribution is -0.117. The third kappa shape index (κ3) is 3.68. The van der Waals surface area contributed by atoms with E-state index in [-0.39, 0.29) is 24.8 Å². The van der Waals surface area contributed by atoms with Crippen molar-refractivity contribution < 1.29 is 18.4 Å². The Hall–Kier alpha value is -2.76. The van der Waals surface area contributed by atoms with Crippen LogP contribution in [0, 0.1) is 24.5 Å². The average Bonchev–Trinajstić information content (AvgIpc) is 2.94. The largest absolute Gasteiger partial charge is 0.351 e. The topological polar surface area (TPSA) is 49.4 Å². The molecular weight excluding hydrogens is 326 g/mol. The molecule has 1 aliphatic heterocycles. The number of rotatable bonds is 4. The molecule has 4 nitrogen and oxygen atoms in total. The number of aryl methyl sites for hydroxylation is 1. The predicted molar refractivity (Wildman–Crippen MR) is 90.3 cm³/mol. The lowest BCUT2D eigenvalue weighted by Gasteiger charge is -2.17. The highest BCUT2D eigenvalue weighted by Gasteiger charge is 2.31. The number of hydrogen-bond acceptors (Lipinski definition) is 2. The van der Waals surface area contributed by atoms with Crippen LogP contribution in [0.1, 0.15) is 22.3 Å². The quantitative estimate of drug-likeness (QED) is 0.927. The molecule has 6 heteroatoms. The Bertz CT molecular complexity index is 785.